The quantitative estimate of drug-likeness (QED) is 0.398. The number of carbonyl (C=O) groups excluding carboxylic acids is 1. The number of fused-ring (bicyclic) bond motifs is 1. The van der Waals surface area contributed by atoms with Crippen LogP contribution < -0.4 is 16.4 Å². The molecule has 2 aromatic carbocycles. The van der Waals surface area contributed by atoms with Crippen molar-refractivity contribution >= 4 is 23.1 Å². The van der Waals surface area contributed by atoms with Gasteiger partial charge in [-0.1, -0.05) is 30.3 Å². The third kappa shape index (κ3) is 5.66. The molecule has 0 radical (unpaired) electrons. The summed E-state index contributed by atoms with van der Waals surface area (Å²) in [7, 11) is 1.57. The van der Waals surface area contributed by atoms with Crippen molar-refractivity contribution in [2.24, 2.45) is 0 Å². The van der Waals surface area contributed by atoms with Gasteiger partial charge < -0.3 is 29.6 Å². The van der Waals surface area contributed by atoms with Gasteiger partial charge in [0.05, 0.1) is 30.7 Å². The highest BCUT2D eigenvalue weighted by Gasteiger charge is 2.41. The lowest BCUT2D eigenvalue weighted by molar-refractivity contribution is -0.131. The molecule has 1 aliphatic rings. The predicted octanol–water partition coefficient (Wildman–Crippen LogP) is 2.45. The molecule has 1 fully saturated rings. The summed E-state index contributed by atoms with van der Waals surface area (Å²) < 4.78 is 17.2. The number of oxazole rings is 1. The molecule has 1 saturated heterocycles. The molecule has 0 spiro atoms. The van der Waals surface area contributed by atoms with E-state index in [0.29, 0.717) is 29.8 Å². The number of methoxy groups -OCH3 is 1. The van der Waals surface area contributed by atoms with Crippen LogP contribution in [0.3, 0.4) is 0 Å². The van der Waals surface area contributed by atoms with Crippen LogP contribution in [0.25, 0.3) is 22.2 Å². The van der Waals surface area contributed by atoms with E-state index in [-0.39, 0.29) is 32.6 Å². The Kier molecular flexibility index (Phi) is 7.91. The number of carboxylic acid groups (broad SMARTS) is 1. The van der Waals surface area contributed by atoms with Crippen LogP contribution in [0.15, 0.2) is 51.7 Å². The number of hydrogen-bond acceptors (Lipinski definition) is 7. The minimum Gasteiger partial charge on any atom is -0.465 e. The lowest BCUT2D eigenvalue weighted by Gasteiger charge is -2.35. The van der Waals surface area contributed by atoms with E-state index >= 15 is 0 Å². The van der Waals surface area contributed by atoms with Gasteiger partial charge in [-0.2, -0.15) is 5.26 Å². The summed E-state index contributed by atoms with van der Waals surface area (Å²) in [6.07, 6.45) is -0.844. The number of benzene rings is 2. The molecule has 194 valence electrons. The topological polar surface area (TPSA) is 156 Å². The number of ether oxygens (including phenoxy) is 2. The molecule has 3 aromatic rings. The first-order valence-corrected chi connectivity index (χ1v) is 11.9. The van der Waals surface area contributed by atoms with Crippen LogP contribution >= 0.6 is 0 Å². The summed E-state index contributed by atoms with van der Waals surface area (Å²) in [6, 6.07) is 15.0. The summed E-state index contributed by atoms with van der Waals surface area (Å²) >= 11 is 0. The maximum atomic E-state index is 12.9. The molecular weight excluding hydrogens is 480 g/mol. The molecule has 1 unspecified atom stereocenters. The van der Waals surface area contributed by atoms with E-state index in [1.54, 1.807) is 13.2 Å². The summed E-state index contributed by atoms with van der Waals surface area (Å²) in [5, 5.41) is 24.0. The van der Waals surface area contributed by atoms with Gasteiger partial charge >= 0.3 is 11.8 Å². The molecule has 1 aromatic heterocycles. The summed E-state index contributed by atoms with van der Waals surface area (Å²) in [4.78, 5) is 36.3. The largest absolute Gasteiger partial charge is 0.465 e. The third-order valence-corrected chi connectivity index (χ3v) is 6.58. The molecule has 3 N–H and O–H groups in total. The SMILES string of the molecule is COCCn1c(=O)oc2ccc(-c3ccc(C(C#N)CNC(=O)C4(NC(=O)O)CCOCC4)cc3)cc21. The fourth-order valence-electron chi connectivity index (χ4n) is 4.48. The van der Waals surface area contributed by atoms with E-state index in [2.05, 4.69) is 16.7 Å². The first kappa shape index (κ1) is 25.9. The lowest BCUT2D eigenvalue weighted by atomic mass is 9.88. The molecule has 1 atom stereocenters. The van der Waals surface area contributed by atoms with Crippen molar-refractivity contribution in [1.82, 2.24) is 15.2 Å². The highest BCUT2D eigenvalue weighted by atomic mass is 16.5. The van der Waals surface area contributed by atoms with E-state index in [9.17, 15) is 24.8 Å². The third-order valence-electron chi connectivity index (χ3n) is 6.58. The number of hydrogen-bond donors (Lipinski definition) is 3. The Balaban J connectivity index is 1.48. The van der Waals surface area contributed by atoms with Gasteiger partial charge in [-0.3, -0.25) is 9.36 Å². The molecule has 1 aliphatic heterocycles. The van der Waals surface area contributed by atoms with E-state index in [1.807, 2.05) is 36.4 Å². The van der Waals surface area contributed by atoms with Crippen LogP contribution in [0, 0.1) is 11.3 Å². The van der Waals surface area contributed by atoms with Crippen molar-refractivity contribution in [3.05, 3.63) is 58.6 Å². The van der Waals surface area contributed by atoms with Crippen LogP contribution in [0.4, 0.5) is 4.79 Å². The molecule has 11 nitrogen and oxygen atoms in total. The number of amides is 2. The zero-order valence-electron chi connectivity index (χ0n) is 20.4. The van der Waals surface area contributed by atoms with Crippen molar-refractivity contribution in [2.75, 3.05) is 33.5 Å². The van der Waals surface area contributed by atoms with Crippen molar-refractivity contribution in [3.63, 3.8) is 0 Å². The minimum atomic E-state index is -1.28. The number of aromatic nitrogens is 1. The van der Waals surface area contributed by atoms with Crippen LogP contribution in [0.2, 0.25) is 0 Å². The van der Waals surface area contributed by atoms with Gasteiger partial charge in [-0.05, 0) is 28.8 Å². The maximum Gasteiger partial charge on any atom is 0.420 e. The van der Waals surface area contributed by atoms with Crippen LogP contribution in [0.1, 0.15) is 24.3 Å². The molecule has 37 heavy (non-hydrogen) atoms. The first-order valence-electron chi connectivity index (χ1n) is 11.9. The Morgan fingerprint density at radius 2 is 1.89 bits per heavy atom. The molecule has 2 amide bonds. The number of carbonyl (C=O) groups is 2. The highest BCUT2D eigenvalue weighted by molar-refractivity contribution is 5.90. The van der Waals surface area contributed by atoms with Crippen molar-refractivity contribution in [3.8, 4) is 17.2 Å². The zero-order chi connectivity index (χ0) is 26.4. The monoisotopic (exact) mass is 508 g/mol. The molecular formula is C26H28N4O7. The van der Waals surface area contributed by atoms with Gasteiger partial charge in [0.2, 0.25) is 5.91 Å². The number of nitrogens with zero attached hydrogens (tertiary/aromatic N) is 2. The van der Waals surface area contributed by atoms with Crippen molar-refractivity contribution in [2.45, 2.75) is 30.8 Å². The van der Waals surface area contributed by atoms with Crippen LogP contribution in [-0.4, -0.2) is 60.7 Å². The van der Waals surface area contributed by atoms with Gasteiger partial charge in [0, 0.05) is 39.7 Å². The highest BCUT2D eigenvalue weighted by Crippen LogP contribution is 2.27. The van der Waals surface area contributed by atoms with E-state index in [4.69, 9.17) is 13.9 Å². The second-order valence-electron chi connectivity index (χ2n) is 8.83. The normalized spacial score (nSPS) is 15.6. The molecule has 11 heteroatoms. The molecule has 0 aliphatic carbocycles. The molecule has 2 heterocycles. The molecule has 0 bridgehead atoms. The number of nitrogens with one attached hydrogen (secondary N) is 2. The van der Waals surface area contributed by atoms with Gasteiger partial charge in [0.15, 0.2) is 5.58 Å². The average Bonchev–Trinajstić information content (AvgIpc) is 3.22. The van der Waals surface area contributed by atoms with Gasteiger partial charge in [0.25, 0.3) is 0 Å². The van der Waals surface area contributed by atoms with Crippen LogP contribution in [0.5, 0.6) is 0 Å². The smallest absolute Gasteiger partial charge is 0.420 e. The Hall–Kier alpha value is -4.14. The zero-order valence-corrected chi connectivity index (χ0v) is 20.4. The fourth-order valence-corrected chi connectivity index (χ4v) is 4.48. The summed E-state index contributed by atoms with van der Waals surface area (Å²) in [6.45, 7) is 1.32. The van der Waals surface area contributed by atoms with Gasteiger partial charge in [0.1, 0.15) is 5.54 Å². The summed E-state index contributed by atoms with van der Waals surface area (Å²) in [5.74, 6) is -1.54. The van der Waals surface area contributed by atoms with E-state index < -0.39 is 29.2 Å². The van der Waals surface area contributed by atoms with Gasteiger partial charge in [-0.15, -0.1) is 0 Å². The Labute approximate surface area is 212 Å². The maximum absolute atomic E-state index is 12.9. The number of rotatable bonds is 9. The molecule has 0 saturated carbocycles. The average molecular weight is 509 g/mol. The van der Waals surface area contributed by atoms with Crippen molar-refractivity contribution < 1.29 is 28.6 Å². The fraction of sp³-hybridized carbons (Fsp3) is 0.385. The minimum absolute atomic E-state index is 0.0331. The second kappa shape index (κ2) is 11.3. The number of nitriles is 1. The van der Waals surface area contributed by atoms with Crippen molar-refractivity contribution in [1.29, 1.82) is 5.26 Å². The summed E-state index contributed by atoms with van der Waals surface area (Å²) in [5.41, 5.74) is 2.34. The van der Waals surface area contributed by atoms with E-state index in [0.717, 1.165) is 11.1 Å². The lowest BCUT2D eigenvalue weighted by Crippen LogP contribution is -2.61. The Morgan fingerprint density at radius 1 is 1.19 bits per heavy atom. The van der Waals surface area contributed by atoms with Gasteiger partial charge in [-0.25, -0.2) is 9.59 Å². The first-order chi connectivity index (χ1) is 17.9. The standard InChI is InChI=1S/C26H28N4O7/c1-35-13-10-30-21-14-19(6-7-22(21)37-25(30)34)17-2-4-18(5-3-17)20(15-27)16-28-23(31)26(29-24(32)33)8-11-36-12-9-26/h2-7,14,20,29H,8-13,16H2,1H3,(H,28,31)(H,32,33). The Bertz CT molecular complexity index is 1360. The van der Waals surface area contributed by atoms with Crippen LogP contribution in [-0.2, 0) is 20.8 Å². The second-order valence-corrected chi connectivity index (χ2v) is 8.83. The predicted molar refractivity (Wildman–Crippen MR) is 133 cm³/mol. The molecule has 4 rings (SSSR count). The van der Waals surface area contributed by atoms with E-state index in [1.165, 1.54) is 4.57 Å². The Morgan fingerprint density at radius 3 is 2.54 bits per heavy atom.